The first-order valence-corrected chi connectivity index (χ1v) is 5.08. The van der Waals surface area contributed by atoms with Crippen LogP contribution in [-0.4, -0.2) is 19.9 Å². The van der Waals surface area contributed by atoms with Gasteiger partial charge in [-0.25, -0.2) is 9.97 Å². The summed E-state index contributed by atoms with van der Waals surface area (Å²) >= 11 is 0. The molecule has 0 fully saturated rings. The minimum absolute atomic E-state index is 0.333. The average molecular weight is 227 g/mol. The van der Waals surface area contributed by atoms with E-state index in [4.69, 9.17) is 10.2 Å². The van der Waals surface area contributed by atoms with E-state index in [0.717, 1.165) is 5.56 Å². The van der Waals surface area contributed by atoms with E-state index < -0.39 is 0 Å². The van der Waals surface area contributed by atoms with Crippen molar-refractivity contribution in [2.45, 2.75) is 6.42 Å². The molecule has 17 heavy (non-hydrogen) atoms. The van der Waals surface area contributed by atoms with Crippen molar-refractivity contribution in [1.29, 1.82) is 0 Å². The molecule has 0 bridgehead atoms. The normalized spacial score (nSPS) is 10.8. The molecule has 3 rings (SSSR count). The number of oxazole rings is 1. The highest BCUT2D eigenvalue weighted by Crippen LogP contribution is 2.18. The monoisotopic (exact) mass is 227 g/mol. The van der Waals surface area contributed by atoms with E-state index in [1.807, 2.05) is 12.1 Å². The summed E-state index contributed by atoms with van der Waals surface area (Å²) in [5, 5.41) is 0. The highest BCUT2D eigenvalue weighted by molar-refractivity contribution is 5.79. The first-order valence-electron chi connectivity index (χ1n) is 5.08. The van der Waals surface area contributed by atoms with E-state index in [9.17, 15) is 0 Å². The van der Waals surface area contributed by atoms with Crippen LogP contribution in [0.15, 0.2) is 35.3 Å². The maximum absolute atomic E-state index is 5.68. The molecular weight excluding hydrogens is 218 g/mol. The Labute approximate surface area is 96.5 Å². The summed E-state index contributed by atoms with van der Waals surface area (Å²) in [7, 11) is 0. The summed E-state index contributed by atoms with van der Waals surface area (Å²) in [5.74, 6) is 0.901. The van der Waals surface area contributed by atoms with Crippen LogP contribution in [0.5, 0.6) is 0 Å². The van der Waals surface area contributed by atoms with Gasteiger partial charge in [-0.1, -0.05) is 0 Å². The Hall–Kier alpha value is -2.50. The van der Waals surface area contributed by atoms with Crippen molar-refractivity contribution in [3.05, 3.63) is 42.3 Å². The SMILES string of the molecule is Nc1ncnc2oc(Cc3ccncc3)nc12. The van der Waals surface area contributed by atoms with E-state index in [1.54, 1.807) is 12.4 Å². The molecule has 0 saturated carbocycles. The van der Waals surface area contributed by atoms with Gasteiger partial charge in [-0.2, -0.15) is 4.98 Å². The number of pyridine rings is 1. The molecule has 0 aromatic carbocycles. The topological polar surface area (TPSA) is 90.7 Å². The van der Waals surface area contributed by atoms with Crippen LogP contribution in [0.1, 0.15) is 11.5 Å². The number of nitrogens with two attached hydrogens (primary N) is 1. The van der Waals surface area contributed by atoms with Crippen LogP contribution < -0.4 is 5.73 Å². The second-order valence-electron chi connectivity index (χ2n) is 3.55. The first-order chi connectivity index (χ1) is 8.33. The summed E-state index contributed by atoms with van der Waals surface area (Å²) < 4.78 is 5.49. The lowest BCUT2D eigenvalue weighted by atomic mass is 10.2. The second-order valence-corrected chi connectivity index (χ2v) is 3.55. The Morgan fingerprint density at radius 2 is 2.00 bits per heavy atom. The fourth-order valence-corrected chi connectivity index (χ4v) is 1.57. The van der Waals surface area contributed by atoms with Crippen molar-refractivity contribution in [3.63, 3.8) is 0 Å². The number of aromatic nitrogens is 4. The fraction of sp³-hybridized carbons (Fsp3) is 0.0909. The average Bonchev–Trinajstić information content (AvgIpc) is 2.74. The van der Waals surface area contributed by atoms with Gasteiger partial charge in [0, 0.05) is 18.8 Å². The van der Waals surface area contributed by atoms with Crippen LogP contribution in [0.3, 0.4) is 0 Å². The summed E-state index contributed by atoms with van der Waals surface area (Å²) in [5.41, 5.74) is 7.68. The maximum Gasteiger partial charge on any atom is 0.252 e. The zero-order valence-corrected chi connectivity index (χ0v) is 8.87. The van der Waals surface area contributed by atoms with Crippen molar-refractivity contribution in [2.75, 3.05) is 5.73 Å². The van der Waals surface area contributed by atoms with Crippen LogP contribution >= 0.6 is 0 Å². The third kappa shape index (κ3) is 1.80. The van der Waals surface area contributed by atoms with Gasteiger partial charge in [-0.05, 0) is 17.7 Å². The van der Waals surface area contributed by atoms with Gasteiger partial charge in [0.25, 0.3) is 5.71 Å². The predicted octanol–water partition coefficient (Wildman–Crippen LogP) is 1.19. The van der Waals surface area contributed by atoms with Crippen molar-refractivity contribution < 1.29 is 4.42 Å². The summed E-state index contributed by atoms with van der Waals surface area (Å²) in [4.78, 5) is 16.1. The Morgan fingerprint density at radius 1 is 1.18 bits per heavy atom. The molecule has 6 nitrogen and oxygen atoms in total. The molecule has 0 amide bonds. The number of nitrogen functional groups attached to an aromatic ring is 1. The van der Waals surface area contributed by atoms with Crippen LogP contribution in [0, 0.1) is 0 Å². The highest BCUT2D eigenvalue weighted by atomic mass is 16.4. The van der Waals surface area contributed by atoms with Crippen LogP contribution in [0.2, 0.25) is 0 Å². The number of nitrogens with zero attached hydrogens (tertiary/aromatic N) is 4. The number of hydrogen-bond acceptors (Lipinski definition) is 6. The molecule has 0 spiro atoms. The molecule has 84 valence electrons. The number of rotatable bonds is 2. The lowest BCUT2D eigenvalue weighted by molar-refractivity contribution is 0.535. The van der Waals surface area contributed by atoms with E-state index in [2.05, 4.69) is 19.9 Å². The largest absolute Gasteiger partial charge is 0.422 e. The molecule has 0 aliphatic carbocycles. The van der Waals surface area contributed by atoms with Gasteiger partial charge in [0.15, 0.2) is 11.3 Å². The van der Waals surface area contributed by atoms with E-state index in [-0.39, 0.29) is 0 Å². The standard InChI is InChI=1S/C11H9N5O/c12-10-9-11(15-6-14-10)17-8(16-9)5-7-1-3-13-4-2-7/h1-4,6H,5H2,(H2,12,14,15). The van der Waals surface area contributed by atoms with Gasteiger partial charge >= 0.3 is 0 Å². The zero-order valence-electron chi connectivity index (χ0n) is 8.87. The van der Waals surface area contributed by atoms with Crippen LogP contribution in [0.4, 0.5) is 5.82 Å². The second kappa shape index (κ2) is 3.82. The Kier molecular flexibility index (Phi) is 2.18. The van der Waals surface area contributed by atoms with Crippen molar-refractivity contribution in [3.8, 4) is 0 Å². The maximum atomic E-state index is 5.68. The quantitative estimate of drug-likeness (QED) is 0.707. The molecular formula is C11H9N5O. The lowest BCUT2D eigenvalue weighted by Gasteiger charge is -1.94. The number of fused-ring (bicyclic) bond motifs is 1. The minimum Gasteiger partial charge on any atom is -0.422 e. The third-order valence-corrected chi connectivity index (χ3v) is 2.37. The Bertz CT molecular complexity index is 649. The molecule has 0 atom stereocenters. The van der Waals surface area contributed by atoms with Crippen molar-refractivity contribution in [1.82, 2.24) is 19.9 Å². The molecule has 3 heterocycles. The first kappa shape index (κ1) is 9.71. The van der Waals surface area contributed by atoms with Crippen molar-refractivity contribution in [2.24, 2.45) is 0 Å². The Balaban J connectivity index is 1.99. The lowest BCUT2D eigenvalue weighted by Crippen LogP contribution is -1.92. The summed E-state index contributed by atoms with van der Waals surface area (Å²) in [6, 6.07) is 3.81. The molecule has 6 heteroatoms. The molecule has 0 saturated heterocycles. The van der Waals surface area contributed by atoms with Crippen molar-refractivity contribution >= 4 is 17.0 Å². The summed E-state index contributed by atoms with van der Waals surface area (Å²) in [6.45, 7) is 0. The fourth-order valence-electron chi connectivity index (χ4n) is 1.57. The number of hydrogen-bond donors (Lipinski definition) is 1. The molecule has 0 aliphatic heterocycles. The Morgan fingerprint density at radius 3 is 2.76 bits per heavy atom. The van der Waals surface area contributed by atoms with Gasteiger partial charge < -0.3 is 10.2 Å². The molecule has 0 radical (unpaired) electrons. The molecule has 0 unspecified atom stereocenters. The highest BCUT2D eigenvalue weighted by Gasteiger charge is 2.10. The summed E-state index contributed by atoms with van der Waals surface area (Å²) in [6.07, 6.45) is 5.40. The molecule has 3 aromatic rings. The van der Waals surface area contributed by atoms with Gasteiger partial charge in [0.05, 0.1) is 0 Å². The van der Waals surface area contributed by atoms with Gasteiger partial charge in [0.1, 0.15) is 6.33 Å². The van der Waals surface area contributed by atoms with E-state index >= 15 is 0 Å². The van der Waals surface area contributed by atoms with Gasteiger partial charge in [-0.15, -0.1) is 0 Å². The minimum atomic E-state index is 0.333. The molecule has 3 aromatic heterocycles. The predicted molar refractivity (Wildman–Crippen MR) is 61.1 cm³/mol. The zero-order chi connectivity index (χ0) is 11.7. The van der Waals surface area contributed by atoms with E-state index in [0.29, 0.717) is 29.4 Å². The van der Waals surface area contributed by atoms with E-state index in [1.165, 1.54) is 6.33 Å². The number of anilines is 1. The molecule has 2 N–H and O–H groups in total. The third-order valence-electron chi connectivity index (χ3n) is 2.37. The van der Waals surface area contributed by atoms with Gasteiger partial charge in [-0.3, -0.25) is 4.98 Å². The van der Waals surface area contributed by atoms with Crippen LogP contribution in [0.25, 0.3) is 11.2 Å². The molecule has 0 aliphatic rings. The smallest absolute Gasteiger partial charge is 0.252 e. The van der Waals surface area contributed by atoms with Gasteiger partial charge in [0.2, 0.25) is 5.89 Å². The van der Waals surface area contributed by atoms with Crippen LogP contribution in [-0.2, 0) is 6.42 Å².